The van der Waals surface area contributed by atoms with Crippen LogP contribution in [0.4, 0.5) is 34.6 Å². The van der Waals surface area contributed by atoms with Crippen LogP contribution in [-0.2, 0) is 20.2 Å². The summed E-state index contributed by atoms with van der Waals surface area (Å²) < 4.78 is 70.9. The zero-order valence-electron chi connectivity index (χ0n) is 29.8. The van der Waals surface area contributed by atoms with Crippen LogP contribution >= 0.6 is 0 Å². The number of anilines is 2. The predicted octanol–water partition coefficient (Wildman–Crippen LogP) is 3.17. The number of aromatic hydroxyl groups is 1. The third-order valence-electron chi connectivity index (χ3n) is 8.06. The third-order valence-corrected chi connectivity index (χ3v) is 9.81. The van der Waals surface area contributed by atoms with Crippen molar-refractivity contribution in [1.82, 2.24) is 54.1 Å². The van der Waals surface area contributed by atoms with Crippen molar-refractivity contribution in [2.45, 2.75) is 23.6 Å². The molecule has 296 valence electrons. The van der Waals surface area contributed by atoms with Crippen LogP contribution < -0.4 is 11.5 Å². The van der Waals surface area contributed by atoms with Gasteiger partial charge in [0.1, 0.15) is 28.2 Å². The summed E-state index contributed by atoms with van der Waals surface area (Å²) in [5.41, 5.74) is 12.9. The quantitative estimate of drug-likeness (QED) is 0.0975. The number of hydrogen-bond acceptors (Lipinski definition) is 20. The molecule has 5 aromatic heterocycles. The number of para-hydroxylation sites is 1. The maximum Gasteiger partial charge on any atom is 0.320 e. The zero-order valence-corrected chi connectivity index (χ0v) is 31.5. The molecule has 7 N–H and O–H groups in total. The molecule has 0 radical (unpaired) electrons. The van der Waals surface area contributed by atoms with Gasteiger partial charge >= 0.3 is 6.01 Å². The first-order valence-electron chi connectivity index (χ1n) is 16.1. The second-order valence-corrected chi connectivity index (χ2v) is 14.6. The van der Waals surface area contributed by atoms with Gasteiger partial charge in [0.2, 0.25) is 0 Å². The Hall–Kier alpha value is -8.31. The monoisotopic (exact) mass is 837 g/mol. The third kappa shape index (κ3) is 7.27. The van der Waals surface area contributed by atoms with E-state index in [9.17, 15) is 41.6 Å². The fourth-order valence-electron chi connectivity index (χ4n) is 5.38. The van der Waals surface area contributed by atoms with Gasteiger partial charge in [0, 0.05) is 0 Å². The van der Waals surface area contributed by atoms with Crippen LogP contribution in [0.1, 0.15) is 22.5 Å². The molecule has 7 aromatic rings. The maximum absolute atomic E-state index is 12.1. The number of aryl methyl sites for hydroxylation is 2. The summed E-state index contributed by atoms with van der Waals surface area (Å²) in [7, 11) is -9.28. The number of aromatic nitrogens is 11. The van der Waals surface area contributed by atoms with Gasteiger partial charge in [-0.15, -0.1) is 20.5 Å². The summed E-state index contributed by atoms with van der Waals surface area (Å²) in [5, 5.41) is 63.2. The van der Waals surface area contributed by atoms with Crippen molar-refractivity contribution < 1.29 is 31.0 Å². The van der Waals surface area contributed by atoms with E-state index in [4.69, 9.17) is 11.5 Å². The highest BCUT2D eigenvalue weighted by Gasteiger charge is 2.24. The lowest BCUT2D eigenvalue weighted by Crippen LogP contribution is -2.13. The molecule has 2 aromatic carbocycles. The van der Waals surface area contributed by atoms with Gasteiger partial charge in [-0.3, -0.25) is 9.11 Å². The molecule has 0 aliphatic rings. The molecular weight excluding hydrogens is 815 g/mol. The number of benzene rings is 2. The molecule has 0 saturated carbocycles. The molecule has 0 atom stereocenters. The van der Waals surface area contributed by atoms with Gasteiger partial charge in [-0.25, -0.2) is 9.36 Å². The van der Waals surface area contributed by atoms with Crippen LogP contribution in [-0.4, -0.2) is 85.1 Å². The minimum Gasteiger partial charge on any atom is -0.479 e. The van der Waals surface area contributed by atoms with Gasteiger partial charge < -0.3 is 16.6 Å². The van der Waals surface area contributed by atoms with Gasteiger partial charge in [0.05, 0.1) is 40.1 Å². The summed E-state index contributed by atoms with van der Waals surface area (Å²) in [6.45, 7) is 3.01. The fraction of sp³-hybridized carbons (Fsp3) is 0.0645. The summed E-state index contributed by atoms with van der Waals surface area (Å²) >= 11 is 0. The molecule has 0 unspecified atom stereocenters. The Morgan fingerprint density at radius 2 is 1.20 bits per heavy atom. The van der Waals surface area contributed by atoms with Crippen molar-refractivity contribution in [3.8, 4) is 41.4 Å². The average Bonchev–Trinajstić information content (AvgIpc) is 3.95. The average molecular weight is 838 g/mol. The number of nitrogen functional groups attached to an aromatic ring is 2. The molecular formula is C31H23N19O7S2. The van der Waals surface area contributed by atoms with Crippen molar-refractivity contribution in [2.75, 3.05) is 11.5 Å². The molecule has 0 amide bonds. The number of nitrogens with zero attached hydrogens (tertiary/aromatic N) is 17. The lowest BCUT2D eigenvalue weighted by molar-refractivity contribution is 0.423. The summed E-state index contributed by atoms with van der Waals surface area (Å²) in [6.07, 6.45) is 2.29. The molecule has 0 fully saturated rings. The number of azo groups is 2. The number of hydrogen-bond donors (Lipinski definition) is 5. The summed E-state index contributed by atoms with van der Waals surface area (Å²) in [4.78, 5) is 11.2. The molecule has 7 rings (SSSR count). The molecule has 0 bridgehead atoms. The van der Waals surface area contributed by atoms with Crippen LogP contribution in [0.25, 0.3) is 23.3 Å². The van der Waals surface area contributed by atoms with Crippen LogP contribution in [0, 0.1) is 36.5 Å². The molecule has 5 heterocycles. The molecule has 28 heteroatoms. The molecule has 0 spiro atoms. The highest BCUT2D eigenvalue weighted by Crippen LogP contribution is 2.35. The van der Waals surface area contributed by atoms with E-state index in [-0.39, 0.29) is 80.4 Å². The van der Waals surface area contributed by atoms with Crippen LogP contribution in [0.3, 0.4) is 0 Å². The van der Waals surface area contributed by atoms with E-state index in [1.54, 1.807) is 0 Å². The second-order valence-electron chi connectivity index (χ2n) is 11.8. The van der Waals surface area contributed by atoms with Crippen LogP contribution in [0.5, 0.6) is 6.01 Å². The Morgan fingerprint density at radius 3 is 1.73 bits per heavy atom. The fourth-order valence-corrected chi connectivity index (χ4v) is 6.57. The SMILES string of the molecule is Cc1nn(-c2nc(O)nc(-n3nc(C)c(N=Nc4c(C#N)cnn4-c4ccccc4S(=O)(=O)O)c3N)n2)c(N)c1N=Nc1c(C#N)cnn1-c1cccc(S(=O)(=O)O)c1. The lowest BCUT2D eigenvalue weighted by atomic mass is 10.3. The standard InChI is InChI=1S/C31H23N19O7S2/c1-15-23(41-43-27-17(11-32)13-36-47(27)19-6-5-7-20(10-19)58(52,53)54)25(34)49(45-15)29-38-30(40-31(51)39-29)50-26(35)24(16(2)46-50)42-44-28-18(12-33)14-37-48(28)21-8-3-4-9-22(21)59(55,56)57/h3-10,13-14H,34-35H2,1-2H3,(H,52,53,54)(H,55,56,57)(H,38,39,40,51). The normalized spacial score (nSPS) is 12.0. The van der Waals surface area contributed by atoms with Crippen LogP contribution in [0.2, 0.25) is 0 Å². The van der Waals surface area contributed by atoms with Crippen LogP contribution in [0.15, 0.2) is 91.2 Å². The van der Waals surface area contributed by atoms with Gasteiger partial charge in [0.15, 0.2) is 34.6 Å². The smallest absolute Gasteiger partial charge is 0.320 e. The molecule has 0 aliphatic heterocycles. The summed E-state index contributed by atoms with van der Waals surface area (Å²) in [6, 6.07) is 13.4. The summed E-state index contributed by atoms with van der Waals surface area (Å²) in [5.74, 6) is -1.43. The maximum atomic E-state index is 12.1. The zero-order chi connectivity index (χ0) is 42.4. The molecule has 59 heavy (non-hydrogen) atoms. The van der Waals surface area contributed by atoms with Gasteiger partial charge in [-0.05, 0) is 44.2 Å². The van der Waals surface area contributed by atoms with E-state index in [1.165, 1.54) is 50.4 Å². The van der Waals surface area contributed by atoms with E-state index in [0.717, 1.165) is 43.1 Å². The highest BCUT2D eigenvalue weighted by atomic mass is 32.2. The number of rotatable bonds is 10. The van der Waals surface area contributed by atoms with Gasteiger partial charge in [0.25, 0.3) is 32.1 Å². The molecule has 26 nitrogen and oxygen atoms in total. The first kappa shape index (κ1) is 38.9. The van der Waals surface area contributed by atoms with Gasteiger partial charge in [-0.1, -0.05) is 18.2 Å². The van der Waals surface area contributed by atoms with E-state index < -0.39 is 36.0 Å². The Labute approximate surface area is 330 Å². The minimum absolute atomic E-state index is 0.0258. The predicted molar refractivity (Wildman–Crippen MR) is 199 cm³/mol. The van der Waals surface area contributed by atoms with E-state index in [2.05, 4.69) is 55.8 Å². The number of nitriles is 2. The minimum atomic E-state index is -4.71. The Kier molecular flexibility index (Phi) is 9.67. The van der Waals surface area contributed by atoms with Crippen molar-refractivity contribution in [2.24, 2.45) is 20.5 Å². The van der Waals surface area contributed by atoms with E-state index >= 15 is 0 Å². The van der Waals surface area contributed by atoms with Crippen molar-refractivity contribution >= 4 is 54.9 Å². The highest BCUT2D eigenvalue weighted by molar-refractivity contribution is 7.86. The van der Waals surface area contributed by atoms with E-state index in [1.807, 2.05) is 12.1 Å². The van der Waals surface area contributed by atoms with Gasteiger partial charge in [-0.2, -0.15) is 72.1 Å². The van der Waals surface area contributed by atoms with E-state index in [0.29, 0.717) is 0 Å². The van der Waals surface area contributed by atoms with Crippen molar-refractivity contribution in [3.63, 3.8) is 0 Å². The van der Waals surface area contributed by atoms with Crippen molar-refractivity contribution in [3.05, 3.63) is 83.4 Å². The topological polar surface area (TPSA) is 388 Å². The first-order chi connectivity index (χ1) is 28.0. The Balaban J connectivity index is 1.23. The Morgan fingerprint density at radius 1 is 0.678 bits per heavy atom. The first-order valence-corrected chi connectivity index (χ1v) is 19.0. The second kappa shape index (κ2) is 14.6. The molecule has 0 aliphatic carbocycles. The largest absolute Gasteiger partial charge is 0.479 e. The lowest BCUT2D eigenvalue weighted by Gasteiger charge is -2.08. The number of nitrogens with two attached hydrogens (primary N) is 2. The molecule has 0 saturated heterocycles. The Bertz CT molecular complexity index is 3220. The van der Waals surface area contributed by atoms with Crippen molar-refractivity contribution in [1.29, 1.82) is 10.5 Å².